The van der Waals surface area contributed by atoms with Crippen LogP contribution in [0.1, 0.15) is 103 Å². The first kappa shape index (κ1) is 36.2. The van der Waals surface area contributed by atoms with E-state index in [4.69, 9.17) is 38.6 Å². The molecule has 270 valence electrons. The number of nitrogens with zero attached hydrogens (tertiary/aromatic N) is 2. The number of rotatable bonds is 8. The van der Waals surface area contributed by atoms with Gasteiger partial charge in [-0.15, -0.1) is 0 Å². The van der Waals surface area contributed by atoms with E-state index in [9.17, 15) is 14.7 Å². The van der Waals surface area contributed by atoms with Crippen LogP contribution in [0.4, 0.5) is 0 Å². The van der Waals surface area contributed by atoms with Crippen LogP contribution in [0.25, 0.3) is 12.2 Å². The molecule has 5 fully saturated rings. The molecule has 2 spiro atoms. The summed E-state index contributed by atoms with van der Waals surface area (Å²) in [5, 5.41) is 28.7. The summed E-state index contributed by atoms with van der Waals surface area (Å²) in [7, 11) is 0. The number of ether oxygens (including phenoxy) is 6. The summed E-state index contributed by atoms with van der Waals surface area (Å²) in [5.41, 5.74) is 0.123. The summed E-state index contributed by atoms with van der Waals surface area (Å²) in [6, 6.07) is 6.55. The number of hydrogen-bond acceptors (Lipinski definition) is 11. The summed E-state index contributed by atoms with van der Waals surface area (Å²) >= 11 is 0. The van der Waals surface area contributed by atoms with E-state index in [0.717, 1.165) is 57.1 Å². The molecule has 5 heterocycles. The molecule has 3 saturated heterocycles. The summed E-state index contributed by atoms with van der Waals surface area (Å²) in [4.78, 5) is 29.7. The Hall–Kier alpha value is -3.56. The second-order valence-corrected chi connectivity index (χ2v) is 13.5. The van der Waals surface area contributed by atoms with Crippen molar-refractivity contribution in [1.82, 2.24) is 9.97 Å². The molecular formula is C37H46N2O11. The molecule has 0 bridgehead atoms. The van der Waals surface area contributed by atoms with Crippen molar-refractivity contribution >= 4 is 24.1 Å². The molecule has 7 rings (SSSR count). The Labute approximate surface area is 291 Å². The van der Waals surface area contributed by atoms with E-state index in [2.05, 4.69) is 9.97 Å². The fourth-order valence-electron chi connectivity index (χ4n) is 7.08. The van der Waals surface area contributed by atoms with Gasteiger partial charge in [0.25, 0.3) is 0 Å². The zero-order chi connectivity index (χ0) is 35.1. The molecule has 5 aliphatic rings. The molecule has 0 amide bonds. The minimum absolute atomic E-state index is 0.00973. The monoisotopic (exact) mass is 694 g/mol. The van der Waals surface area contributed by atoms with Crippen molar-refractivity contribution in [2.24, 2.45) is 0 Å². The van der Waals surface area contributed by atoms with Crippen LogP contribution >= 0.6 is 0 Å². The highest BCUT2D eigenvalue weighted by atomic mass is 16.7. The Kier molecular flexibility index (Phi) is 11.4. The molecule has 2 aliphatic carbocycles. The first-order valence-electron chi connectivity index (χ1n) is 17.4. The average molecular weight is 695 g/mol. The van der Waals surface area contributed by atoms with Gasteiger partial charge >= 0.3 is 11.9 Å². The molecule has 2 aromatic rings. The number of aliphatic hydroxyl groups is 1. The number of aromatic nitrogens is 2. The van der Waals surface area contributed by atoms with Gasteiger partial charge in [-0.1, -0.05) is 24.3 Å². The van der Waals surface area contributed by atoms with Crippen molar-refractivity contribution in [2.45, 2.75) is 99.7 Å². The topological polar surface area (TPSA) is 176 Å². The molecular weight excluding hydrogens is 648 g/mol. The molecule has 13 nitrogen and oxygen atoms in total. The smallest absolute Gasteiger partial charge is 0.354 e. The van der Waals surface area contributed by atoms with Crippen LogP contribution in [-0.2, 0) is 28.4 Å². The summed E-state index contributed by atoms with van der Waals surface area (Å²) in [6.07, 6.45) is 18.8. The highest BCUT2D eigenvalue weighted by Crippen LogP contribution is 2.44. The minimum Gasteiger partial charge on any atom is -0.477 e. The van der Waals surface area contributed by atoms with E-state index in [-0.39, 0.29) is 17.7 Å². The predicted octanol–water partition coefficient (Wildman–Crippen LogP) is 5.23. The molecule has 13 heteroatoms. The fourth-order valence-corrected chi connectivity index (χ4v) is 7.08. The van der Waals surface area contributed by atoms with Gasteiger partial charge < -0.3 is 43.7 Å². The summed E-state index contributed by atoms with van der Waals surface area (Å²) in [6.45, 7) is 3.24. The zero-order valence-electron chi connectivity index (χ0n) is 28.2. The maximum Gasteiger partial charge on any atom is 0.354 e. The van der Waals surface area contributed by atoms with E-state index >= 15 is 0 Å². The molecule has 1 unspecified atom stereocenters. The SMILES string of the molecule is O=C(O)c1cc(/C=C/C2(O)CCC3(CC2)OCCO3)ccn1.O=C(O)c1cc(/C=C/C2(OC3CCCCO3)CCC3(CC2)OCCO3)ccn1. The highest BCUT2D eigenvalue weighted by Gasteiger charge is 2.47. The molecule has 3 aliphatic heterocycles. The first-order valence-corrected chi connectivity index (χ1v) is 17.4. The Morgan fingerprint density at radius 3 is 1.68 bits per heavy atom. The largest absolute Gasteiger partial charge is 0.477 e. The highest BCUT2D eigenvalue weighted by molar-refractivity contribution is 5.86. The molecule has 2 saturated carbocycles. The van der Waals surface area contributed by atoms with Gasteiger partial charge in [0.2, 0.25) is 0 Å². The molecule has 3 N–H and O–H groups in total. The van der Waals surface area contributed by atoms with E-state index in [1.165, 1.54) is 18.5 Å². The van der Waals surface area contributed by atoms with Gasteiger partial charge in [0, 0.05) is 44.7 Å². The minimum atomic E-state index is -1.07. The van der Waals surface area contributed by atoms with Crippen molar-refractivity contribution in [2.75, 3.05) is 33.0 Å². The van der Waals surface area contributed by atoms with E-state index in [1.807, 2.05) is 12.2 Å². The van der Waals surface area contributed by atoms with Gasteiger partial charge in [0.15, 0.2) is 17.9 Å². The van der Waals surface area contributed by atoms with Gasteiger partial charge in [0.05, 0.1) is 37.6 Å². The Bertz CT molecular complexity index is 1520. The molecule has 50 heavy (non-hydrogen) atoms. The maximum absolute atomic E-state index is 11.2. The Balaban J connectivity index is 0.000000178. The average Bonchev–Trinajstić information content (AvgIpc) is 3.81. The maximum atomic E-state index is 11.2. The van der Waals surface area contributed by atoms with Crippen LogP contribution in [0.5, 0.6) is 0 Å². The van der Waals surface area contributed by atoms with Crippen LogP contribution < -0.4 is 0 Å². The second-order valence-electron chi connectivity index (χ2n) is 13.5. The first-order chi connectivity index (χ1) is 24.1. The fraction of sp³-hybridized carbons (Fsp3) is 0.568. The predicted molar refractivity (Wildman–Crippen MR) is 179 cm³/mol. The van der Waals surface area contributed by atoms with Crippen LogP contribution in [-0.4, -0.2) is 99.3 Å². The zero-order valence-corrected chi connectivity index (χ0v) is 28.2. The van der Waals surface area contributed by atoms with E-state index < -0.39 is 34.7 Å². The number of carbonyl (C=O) groups is 2. The van der Waals surface area contributed by atoms with Crippen molar-refractivity contribution in [1.29, 1.82) is 0 Å². The third kappa shape index (κ3) is 9.21. The number of carboxylic acids is 2. The lowest BCUT2D eigenvalue weighted by molar-refractivity contribution is -0.249. The number of carboxylic acid groups (broad SMARTS) is 2. The van der Waals surface area contributed by atoms with Gasteiger partial charge in [-0.05, 0) is 80.3 Å². The molecule has 1 atom stereocenters. The Morgan fingerprint density at radius 2 is 1.20 bits per heavy atom. The van der Waals surface area contributed by atoms with Crippen LogP contribution in [0.3, 0.4) is 0 Å². The quantitative estimate of drug-likeness (QED) is 0.328. The van der Waals surface area contributed by atoms with E-state index in [1.54, 1.807) is 30.4 Å². The van der Waals surface area contributed by atoms with Gasteiger partial charge in [0.1, 0.15) is 11.4 Å². The van der Waals surface area contributed by atoms with Crippen LogP contribution in [0.15, 0.2) is 48.8 Å². The molecule has 0 radical (unpaired) electrons. The lowest BCUT2D eigenvalue weighted by atomic mass is 9.80. The second kappa shape index (κ2) is 15.8. The standard InChI is InChI=1S/C21H27NO6.C16H19NO5/c23-19(24)17-15-16(5-11-22-17)4-6-20(28-18-3-1-2-12-25-18)7-9-21(10-8-20)26-13-14-27-21;18-14(19)13-11-12(2-8-17-13)1-3-15(20)4-6-16(7-5-15)21-9-10-22-16/h4-6,11,15,18H,1-3,7-10,12-14H2,(H,23,24);1-3,8,11,20H,4-7,9-10H2,(H,18,19)/b6-4+;3-1+. The number of pyridine rings is 2. The lowest BCUT2D eigenvalue weighted by Gasteiger charge is -2.44. The summed E-state index contributed by atoms with van der Waals surface area (Å²) in [5.74, 6) is -3.08. The lowest BCUT2D eigenvalue weighted by Crippen LogP contribution is -2.46. The van der Waals surface area contributed by atoms with Crippen molar-refractivity contribution < 1.29 is 53.3 Å². The van der Waals surface area contributed by atoms with Gasteiger partial charge in [-0.2, -0.15) is 0 Å². The number of aromatic carboxylic acids is 2. The van der Waals surface area contributed by atoms with Gasteiger partial charge in [-0.25, -0.2) is 19.6 Å². The number of hydrogen-bond donors (Lipinski definition) is 3. The Morgan fingerprint density at radius 1 is 0.700 bits per heavy atom. The van der Waals surface area contributed by atoms with Crippen LogP contribution in [0, 0.1) is 0 Å². The van der Waals surface area contributed by atoms with Crippen molar-refractivity contribution in [3.8, 4) is 0 Å². The third-order valence-electron chi connectivity index (χ3n) is 10.0. The van der Waals surface area contributed by atoms with Crippen molar-refractivity contribution in [3.63, 3.8) is 0 Å². The van der Waals surface area contributed by atoms with Crippen LogP contribution in [0.2, 0.25) is 0 Å². The molecule has 0 aromatic carbocycles. The van der Waals surface area contributed by atoms with E-state index in [0.29, 0.717) is 57.7 Å². The van der Waals surface area contributed by atoms with Gasteiger partial charge in [-0.3, -0.25) is 0 Å². The normalized spacial score (nSPS) is 27.0. The molecule has 2 aromatic heterocycles. The van der Waals surface area contributed by atoms with Crippen molar-refractivity contribution in [3.05, 3.63) is 71.3 Å². The third-order valence-corrected chi connectivity index (χ3v) is 10.0. The summed E-state index contributed by atoms with van der Waals surface area (Å²) < 4.78 is 35.3.